The van der Waals surface area contributed by atoms with Gasteiger partial charge >= 0.3 is 0 Å². The highest BCUT2D eigenvalue weighted by molar-refractivity contribution is 6.04. The maximum atomic E-state index is 15.1. The molecule has 1 amide bonds. The van der Waals surface area contributed by atoms with Crippen molar-refractivity contribution in [2.24, 2.45) is 0 Å². The minimum absolute atomic E-state index is 0.0441. The number of imidazole rings is 1. The van der Waals surface area contributed by atoms with Gasteiger partial charge in [-0.15, -0.1) is 0 Å². The highest BCUT2D eigenvalue weighted by atomic mass is 19.1. The minimum atomic E-state index is -1.02. The number of ether oxygens (including phenoxy) is 2. The van der Waals surface area contributed by atoms with E-state index < -0.39 is 22.9 Å². The second-order valence-corrected chi connectivity index (χ2v) is 8.30. The first-order valence-electron chi connectivity index (χ1n) is 10.4. The number of anilines is 1. The van der Waals surface area contributed by atoms with Gasteiger partial charge in [-0.2, -0.15) is 0 Å². The molecule has 3 heterocycles. The van der Waals surface area contributed by atoms with Crippen molar-refractivity contribution in [3.05, 3.63) is 60.2 Å². The Bertz CT molecular complexity index is 1420. The summed E-state index contributed by atoms with van der Waals surface area (Å²) in [6, 6.07) is 9.80. The Labute approximate surface area is 193 Å². The van der Waals surface area contributed by atoms with E-state index in [1.54, 1.807) is 36.5 Å². The number of phenolic OH excluding ortho intramolecular Hbond substituents is 2. The average molecular weight is 464 g/mol. The number of benzene rings is 2. The molecular weight excluding hydrogens is 443 g/mol. The van der Waals surface area contributed by atoms with Gasteiger partial charge in [0.2, 0.25) is 5.75 Å². The first-order chi connectivity index (χ1) is 16.3. The molecule has 1 aliphatic heterocycles. The molecular formula is C24H21FN4O5. The highest BCUT2D eigenvalue weighted by Crippen LogP contribution is 2.44. The molecule has 3 N–H and O–H groups in total. The van der Waals surface area contributed by atoms with Crippen LogP contribution in [0.3, 0.4) is 0 Å². The van der Waals surface area contributed by atoms with Gasteiger partial charge in [0.1, 0.15) is 5.82 Å². The smallest absolute Gasteiger partial charge is 0.257 e. The molecule has 0 aliphatic carbocycles. The quantitative estimate of drug-likeness (QED) is 0.386. The molecule has 9 nitrogen and oxygen atoms in total. The lowest BCUT2D eigenvalue weighted by Gasteiger charge is -2.40. The van der Waals surface area contributed by atoms with E-state index in [4.69, 9.17) is 9.47 Å². The molecule has 10 heteroatoms. The molecule has 0 saturated carbocycles. The number of hydrogen-bond donors (Lipinski definition) is 3. The lowest BCUT2D eigenvalue weighted by molar-refractivity contribution is -0.0868. The number of phenols is 2. The van der Waals surface area contributed by atoms with Crippen molar-refractivity contribution in [3.63, 3.8) is 0 Å². The molecule has 2 aromatic carbocycles. The van der Waals surface area contributed by atoms with Gasteiger partial charge in [0.05, 0.1) is 48.0 Å². The zero-order valence-electron chi connectivity index (χ0n) is 18.4. The maximum Gasteiger partial charge on any atom is 0.257 e. The third-order valence-corrected chi connectivity index (χ3v) is 5.84. The van der Waals surface area contributed by atoms with Crippen LogP contribution in [0.5, 0.6) is 17.2 Å². The number of aromatic nitrogens is 3. The molecule has 0 bridgehead atoms. The fourth-order valence-corrected chi connectivity index (χ4v) is 4.04. The Balaban J connectivity index is 1.65. The van der Waals surface area contributed by atoms with Crippen molar-refractivity contribution in [1.82, 2.24) is 14.5 Å². The number of rotatable bonds is 5. The van der Waals surface area contributed by atoms with Gasteiger partial charge in [0, 0.05) is 18.1 Å². The van der Waals surface area contributed by atoms with Crippen LogP contribution in [-0.4, -0.2) is 51.0 Å². The van der Waals surface area contributed by atoms with Crippen molar-refractivity contribution < 1.29 is 28.9 Å². The van der Waals surface area contributed by atoms with Crippen LogP contribution in [0.25, 0.3) is 22.4 Å². The molecule has 1 fully saturated rings. The minimum Gasteiger partial charge on any atom is -0.502 e. The summed E-state index contributed by atoms with van der Waals surface area (Å²) in [6.45, 7) is 2.72. The summed E-state index contributed by atoms with van der Waals surface area (Å²) in [7, 11) is 1.30. The molecule has 0 radical (unpaired) electrons. The number of amides is 1. The number of fused-ring (bicyclic) bond motifs is 1. The standard InChI is InChI=1S/C24H21FN4O5/c1-24(11-34-12-24)29-17-6-5-14(27-23(32)13-4-3-7-26-10-13)8-16(17)28-22(29)15-9-18(33-2)20(30)21(31)19(15)25/h3-10,30-31H,11-12H2,1-2H3,(H,27,32). The van der Waals surface area contributed by atoms with Gasteiger partial charge in [0.25, 0.3) is 5.91 Å². The van der Waals surface area contributed by atoms with E-state index in [0.29, 0.717) is 35.5 Å². The molecule has 174 valence electrons. The topological polar surface area (TPSA) is 119 Å². The summed E-state index contributed by atoms with van der Waals surface area (Å²) < 4.78 is 27.5. The number of pyridine rings is 1. The molecule has 1 aliphatic rings. The molecule has 4 aromatic rings. The first kappa shape index (κ1) is 21.7. The monoisotopic (exact) mass is 464 g/mol. The summed E-state index contributed by atoms with van der Waals surface area (Å²) >= 11 is 0. The zero-order valence-corrected chi connectivity index (χ0v) is 18.4. The number of methoxy groups -OCH3 is 1. The number of carbonyl (C=O) groups excluding carboxylic acids is 1. The third-order valence-electron chi connectivity index (χ3n) is 5.84. The number of halogens is 1. The maximum absolute atomic E-state index is 15.1. The van der Waals surface area contributed by atoms with Crippen LogP contribution in [0, 0.1) is 5.82 Å². The SMILES string of the molecule is COc1cc(-c2nc3cc(NC(=O)c4cccnc4)ccc3n2C2(C)COC2)c(F)c(O)c1O. The van der Waals surface area contributed by atoms with E-state index in [1.165, 1.54) is 19.4 Å². The van der Waals surface area contributed by atoms with Crippen LogP contribution in [0.4, 0.5) is 10.1 Å². The van der Waals surface area contributed by atoms with Crippen molar-refractivity contribution >= 4 is 22.6 Å². The molecule has 0 spiro atoms. The summed E-state index contributed by atoms with van der Waals surface area (Å²) in [6.07, 6.45) is 3.04. The van der Waals surface area contributed by atoms with Crippen LogP contribution < -0.4 is 10.1 Å². The van der Waals surface area contributed by atoms with Crippen LogP contribution in [-0.2, 0) is 10.3 Å². The van der Waals surface area contributed by atoms with Crippen LogP contribution in [0.15, 0.2) is 48.8 Å². The molecule has 0 unspecified atom stereocenters. The zero-order chi connectivity index (χ0) is 24.0. The Morgan fingerprint density at radius 1 is 1.24 bits per heavy atom. The number of carbonyl (C=O) groups is 1. The lowest BCUT2D eigenvalue weighted by Crippen LogP contribution is -2.49. The van der Waals surface area contributed by atoms with E-state index >= 15 is 4.39 Å². The Morgan fingerprint density at radius 3 is 2.68 bits per heavy atom. The Kier molecular flexibility index (Phi) is 5.09. The average Bonchev–Trinajstić information content (AvgIpc) is 3.20. The largest absolute Gasteiger partial charge is 0.502 e. The number of nitrogens with one attached hydrogen (secondary N) is 1. The second kappa shape index (κ2) is 7.99. The van der Waals surface area contributed by atoms with Gasteiger partial charge in [-0.1, -0.05) is 0 Å². The van der Waals surface area contributed by atoms with Crippen LogP contribution in [0.1, 0.15) is 17.3 Å². The predicted molar refractivity (Wildman–Crippen MR) is 122 cm³/mol. The number of hydrogen-bond acceptors (Lipinski definition) is 7. The number of nitrogens with zero attached hydrogens (tertiary/aromatic N) is 3. The van der Waals surface area contributed by atoms with E-state index in [0.717, 1.165) is 0 Å². The number of aromatic hydroxyl groups is 2. The van der Waals surface area contributed by atoms with E-state index in [9.17, 15) is 15.0 Å². The van der Waals surface area contributed by atoms with Gasteiger partial charge in [-0.05, 0) is 43.3 Å². The second-order valence-electron chi connectivity index (χ2n) is 8.30. The van der Waals surface area contributed by atoms with Gasteiger partial charge in [-0.3, -0.25) is 9.78 Å². The normalized spacial score (nSPS) is 14.6. The first-order valence-corrected chi connectivity index (χ1v) is 10.4. The van der Waals surface area contributed by atoms with Crippen LogP contribution in [0.2, 0.25) is 0 Å². The Morgan fingerprint density at radius 2 is 2.03 bits per heavy atom. The van der Waals surface area contributed by atoms with Crippen molar-refractivity contribution in [2.75, 3.05) is 25.6 Å². The lowest BCUT2D eigenvalue weighted by atomic mass is 9.98. The summed E-state index contributed by atoms with van der Waals surface area (Å²) in [5.74, 6) is -2.83. The molecule has 2 aromatic heterocycles. The predicted octanol–water partition coefficient (Wildman–Crippen LogP) is 3.65. The molecule has 5 rings (SSSR count). The summed E-state index contributed by atoms with van der Waals surface area (Å²) in [4.78, 5) is 21.1. The van der Waals surface area contributed by atoms with Gasteiger partial charge in [-0.25, -0.2) is 9.37 Å². The van der Waals surface area contributed by atoms with Crippen molar-refractivity contribution in [1.29, 1.82) is 0 Å². The Hall–Kier alpha value is -4.18. The molecule has 34 heavy (non-hydrogen) atoms. The van der Waals surface area contributed by atoms with E-state index in [2.05, 4.69) is 15.3 Å². The van der Waals surface area contributed by atoms with Gasteiger partial charge in [0.15, 0.2) is 17.3 Å². The van der Waals surface area contributed by atoms with Gasteiger partial charge < -0.3 is 29.6 Å². The summed E-state index contributed by atoms with van der Waals surface area (Å²) in [5.41, 5.74) is 1.53. The summed E-state index contributed by atoms with van der Waals surface area (Å²) in [5, 5.41) is 22.9. The fourth-order valence-electron chi connectivity index (χ4n) is 4.04. The van der Waals surface area contributed by atoms with E-state index in [-0.39, 0.29) is 23.0 Å². The fraction of sp³-hybridized carbons (Fsp3) is 0.208. The van der Waals surface area contributed by atoms with Crippen molar-refractivity contribution in [3.8, 4) is 28.6 Å². The van der Waals surface area contributed by atoms with Crippen LogP contribution >= 0.6 is 0 Å². The molecule has 1 saturated heterocycles. The van der Waals surface area contributed by atoms with Crippen molar-refractivity contribution in [2.45, 2.75) is 12.5 Å². The van der Waals surface area contributed by atoms with E-state index in [1.807, 2.05) is 11.5 Å². The molecule has 0 atom stereocenters. The highest BCUT2D eigenvalue weighted by Gasteiger charge is 2.39. The third kappa shape index (κ3) is 3.39.